The molecular weight excluding hydrogens is 270 g/mol. The van der Waals surface area contributed by atoms with Crippen LogP contribution in [0.5, 0.6) is 17.2 Å². The van der Waals surface area contributed by atoms with Crippen molar-refractivity contribution < 1.29 is 19.0 Å². The van der Waals surface area contributed by atoms with Gasteiger partial charge in [0, 0.05) is 0 Å². The van der Waals surface area contributed by atoms with Crippen molar-refractivity contribution in [3.63, 3.8) is 0 Å². The first-order valence-corrected chi connectivity index (χ1v) is 6.60. The number of hydrogen-bond donors (Lipinski definition) is 1. The van der Waals surface area contributed by atoms with Gasteiger partial charge in [0.25, 0.3) is 5.91 Å². The third kappa shape index (κ3) is 2.76. The van der Waals surface area contributed by atoms with Crippen LogP contribution in [0.3, 0.4) is 0 Å². The first kappa shape index (κ1) is 13.3. The second kappa shape index (κ2) is 5.75. The Morgan fingerprint density at radius 3 is 2.67 bits per heavy atom. The van der Waals surface area contributed by atoms with Crippen molar-refractivity contribution in [1.82, 2.24) is 0 Å². The lowest BCUT2D eigenvalue weighted by molar-refractivity contribution is -0.125. The molecule has 3 rings (SSSR count). The Labute approximate surface area is 122 Å². The van der Waals surface area contributed by atoms with Crippen molar-refractivity contribution in [2.45, 2.75) is 6.10 Å². The van der Waals surface area contributed by atoms with Crippen molar-refractivity contribution in [1.29, 1.82) is 0 Å². The predicted octanol–water partition coefficient (Wildman–Crippen LogP) is 2.47. The van der Waals surface area contributed by atoms with Crippen molar-refractivity contribution in [2.24, 2.45) is 0 Å². The first-order chi connectivity index (χ1) is 10.3. The van der Waals surface area contributed by atoms with Gasteiger partial charge in [-0.1, -0.05) is 24.3 Å². The van der Waals surface area contributed by atoms with Gasteiger partial charge in [-0.3, -0.25) is 4.79 Å². The maximum absolute atomic E-state index is 12.3. The summed E-state index contributed by atoms with van der Waals surface area (Å²) in [4.78, 5) is 12.3. The number of rotatable bonds is 3. The van der Waals surface area contributed by atoms with E-state index in [0.717, 1.165) is 0 Å². The average Bonchev–Trinajstić information content (AvgIpc) is 2.55. The van der Waals surface area contributed by atoms with E-state index < -0.39 is 6.10 Å². The lowest BCUT2D eigenvalue weighted by atomic mass is 10.2. The van der Waals surface area contributed by atoms with Crippen LogP contribution in [-0.4, -0.2) is 25.7 Å². The molecule has 1 N–H and O–H groups in total. The molecule has 0 aromatic heterocycles. The summed E-state index contributed by atoms with van der Waals surface area (Å²) < 4.78 is 16.4. The summed E-state index contributed by atoms with van der Waals surface area (Å²) in [6, 6.07) is 14.5. The number of methoxy groups -OCH3 is 1. The van der Waals surface area contributed by atoms with Gasteiger partial charge in [-0.05, 0) is 24.3 Å². The summed E-state index contributed by atoms with van der Waals surface area (Å²) in [6.07, 6.45) is -0.690. The molecule has 0 saturated heterocycles. The summed E-state index contributed by atoms with van der Waals surface area (Å²) >= 11 is 0. The number of amides is 1. The van der Waals surface area contributed by atoms with Crippen LogP contribution >= 0.6 is 0 Å². The van der Waals surface area contributed by atoms with E-state index in [1.165, 1.54) is 0 Å². The number of fused-ring (bicyclic) bond motifs is 1. The van der Waals surface area contributed by atoms with Crippen molar-refractivity contribution in [2.75, 3.05) is 19.0 Å². The fourth-order valence-electron chi connectivity index (χ4n) is 2.11. The Hall–Kier alpha value is -2.69. The van der Waals surface area contributed by atoms with Gasteiger partial charge in [0.1, 0.15) is 12.4 Å². The number of nitrogens with one attached hydrogen (secondary N) is 1. The van der Waals surface area contributed by atoms with E-state index in [0.29, 0.717) is 22.9 Å². The van der Waals surface area contributed by atoms with Crippen LogP contribution in [-0.2, 0) is 4.79 Å². The monoisotopic (exact) mass is 285 g/mol. The topological polar surface area (TPSA) is 56.8 Å². The lowest BCUT2D eigenvalue weighted by Crippen LogP contribution is -2.40. The number of carbonyl (C=O) groups is 1. The van der Waals surface area contributed by atoms with Crippen LogP contribution in [0.1, 0.15) is 0 Å². The van der Waals surface area contributed by atoms with Crippen LogP contribution in [0, 0.1) is 0 Å². The van der Waals surface area contributed by atoms with E-state index in [2.05, 4.69) is 5.32 Å². The number of anilines is 1. The highest BCUT2D eigenvalue weighted by Gasteiger charge is 2.27. The summed E-state index contributed by atoms with van der Waals surface area (Å²) in [6.45, 7) is 0.179. The molecule has 21 heavy (non-hydrogen) atoms. The molecule has 5 nitrogen and oxygen atoms in total. The Bertz CT molecular complexity index is 656. The standard InChI is InChI=1S/C16H15NO4/c1-19-12-7-3-2-6-11(12)17-16(18)15-10-20-13-8-4-5-9-14(13)21-15/h2-9,15H,10H2,1H3,(H,17,18)/t15-/m1/s1. The minimum Gasteiger partial charge on any atom is -0.495 e. The minimum atomic E-state index is -0.690. The van der Waals surface area contributed by atoms with Crippen LogP contribution < -0.4 is 19.5 Å². The van der Waals surface area contributed by atoms with Gasteiger partial charge in [0.05, 0.1) is 12.8 Å². The zero-order valence-corrected chi connectivity index (χ0v) is 11.5. The first-order valence-electron chi connectivity index (χ1n) is 6.60. The normalized spacial score (nSPS) is 16.1. The summed E-state index contributed by atoms with van der Waals surface area (Å²) in [5.74, 6) is 1.56. The molecule has 0 unspecified atom stereocenters. The maximum atomic E-state index is 12.3. The van der Waals surface area contributed by atoms with E-state index >= 15 is 0 Å². The molecule has 0 saturated carbocycles. The second-order valence-corrected chi connectivity index (χ2v) is 4.55. The molecule has 1 atom stereocenters. The van der Waals surface area contributed by atoms with Gasteiger partial charge in [0.2, 0.25) is 6.10 Å². The molecular formula is C16H15NO4. The van der Waals surface area contributed by atoms with Gasteiger partial charge in [-0.25, -0.2) is 0 Å². The van der Waals surface area contributed by atoms with Gasteiger partial charge in [0.15, 0.2) is 11.5 Å². The zero-order valence-electron chi connectivity index (χ0n) is 11.5. The van der Waals surface area contributed by atoms with Gasteiger partial charge in [-0.15, -0.1) is 0 Å². The Balaban J connectivity index is 1.72. The summed E-state index contributed by atoms with van der Waals surface area (Å²) in [5, 5.41) is 2.79. The van der Waals surface area contributed by atoms with E-state index in [9.17, 15) is 4.79 Å². The fourth-order valence-corrected chi connectivity index (χ4v) is 2.11. The summed E-state index contributed by atoms with van der Waals surface area (Å²) in [5.41, 5.74) is 0.604. The second-order valence-electron chi connectivity index (χ2n) is 4.55. The molecule has 1 heterocycles. The van der Waals surface area contributed by atoms with Crippen LogP contribution in [0.15, 0.2) is 48.5 Å². The van der Waals surface area contributed by atoms with Gasteiger partial charge < -0.3 is 19.5 Å². The molecule has 2 aromatic rings. The third-order valence-electron chi connectivity index (χ3n) is 3.17. The molecule has 0 aliphatic carbocycles. The van der Waals surface area contributed by atoms with E-state index in [1.54, 1.807) is 25.3 Å². The van der Waals surface area contributed by atoms with E-state index in [4.69, 9.17) is 14.2 Å². The van der Waals surface area contributed by atoms with Crippen LogP contribution in [0.2, 0.25) is 0 Å². The number of ether oxygens (including phenoxy) is 3. The smallest absolute Gasteiger partial charge is 0.269 e. The van der Waals surface area contributed by atoms with E-state index in [1.807, 2.05) is 30.3 Å². The average molecular weight is 285 g/mol. The molecule has 1 aliphatic heterocycles. The zero-order chi connectivity index (χ0) is 14.7. The molecule has 0 radical (unpaired) electrons. The highest BCUT2D eigenvalue weighted by Crippen LogP contribution is 2.31. The molecule has 2 aromatic carbocycles. The Morgan fingerprint density at radius 1 is 1.14 bits per heavy atom. The Kier molecular flexibility index (Phi) is 3.64. The Morgan fingerprint density at radius 2 is 1.86 bits per heavy atom. The minimum absolute atomic E-state index is 0.179. The van der Waals surface area contributed by atoms with E-state index in [-0.39, 0.29) is 12.5 Å². The van der Waals surface area contributed by atoms with Crippen LogP contribution in [0.4, 0.5) is 5.69 Å². The predicted molar refractivity (Wildman–Crippen MR) is 78.0 cm³/mol. The molecule has 108 valence electrons. The molecule has 1 amide bonds. The van der Waals surface area contributed by atoms with Gasteiger partial charge >= 0.3 is 0 Å². The number of carbonyl (C=O) groups excluding carboxylic acids is 1. The molecule has 0 fully saturated rings. The lowest BCUT2D eigenvalue weighted by Gasteiger charge is -2.25. The van der Waals surface area contributed by atoms with Crippen molar-refractivity contribution >= 4 is 11.6 Å². The molecule has 0 spiro atoms. The number of para-hydroxylation sites is 4. The highest BCUT2D eigenvalue weighted by atomic mass is 16.6. The van der Waals surface area contributed by atoms with Crippen molar-refractivity contribution in [3.05, 3.63) is 48.5 Å². The van der Waals surface area contributed by atoms with Crippen molar-refractivity contribution in [3.8, 4) is 17.2 Å². The van der Waals surface area contributed by atoms with Crippen LogP contribution in [0.25, 0.3) is 0 Å². The highest BCUT2D eigenvalue weighted by molar-refractivity contribution is 5.96. The number of benzene rings is 2. The third-order valence-corrected chi connectivity index (χ3v) is 3.17. The molecule has 0 bridgehead atoms. The maximum Gasteiger partial charge on any atom is 0.269 e. The SMILES string of the molecule is COc1ccccc1NC(=O)[C@H]1COc2ccccc2O1. The fraction of sp³-hybridized carbons (Fsp3) is 0.188. The number of hydrogen-bond acceptors (Lipinski definition) is 4. The largest absolute Gasteiger partial charge is 0.495 e. The summed E-state index contributed by atoms with van der Waals surface area (Å²) in [7, 11) is 1.56. The van der Waals surface area contributed by atoms with Gasteiger partial charge in [-0.2, -0.15) is 0 Å². The molecule has 5 heteroatoms. The quantitative estimate of drug-likeness (QED) is 0.941. The molecule has 1 aliphatic rings.